The Kier molecular flexibility index (Phi) is 2.32. The summed E-state index contributed by atoms with van der Waals surface area (Å²) in [5, 5.41) is 15.1. The van der Waals surface area contributed by atoms with Crippen molar-refractivity contribution in [1.29, 1.82) is 0 Å². The van der Waals surface area contributed by atoms with E-state index in [1.807, 2.05) is 18.4 Å². The number of rotatable bonds is 2. The molecule has 78 valence electrons. The summed E-state index contributed by atoms with van der Waals surface area (Å²) in [5.74, 6) is -0.939. The van der Waals surface area contributed by atoms with Gasteiger partial charge >= 0.3 is 5.97 Å². The summed E-state index contributed by atoms with van der Waals surface area (Å²) in [5.41, 5.74) is 1.86. The standard InChI is InChI=1S/C10H10N2O2S/c1-6-3-4-15-9(6)8-7(10(13)14)5-12(2)11-8/h3-5H,1-2H3,(H,13,14). The molecule has 0 saturated heterocycles. The second kappa shape index (κ2) is 3.51. The first kappa shape index (κ1) is 9.92. The second-order valence-electron chi connectivity index (χ2n) is 3.30. The van der Waals surface area contributed by atoms with Crippen LogP contribution in [0.2, 0.25) is 0 Å². The molecule has 0 unspecified atom stereocenters. The van der Waals surface area contributed by atoms with Crippen LogP contribution in [0.15, 0.2) is 17.6 Å². The monoisotopic (exact) mass is 222 g/mol. The Morgan fingerprint density at radius 2 is 2.33 bits per heavy atom. The van der Waals surface area contributed by atoms with Crippen LogP contribution in [0.3, 0.4) is 0 Å². The van der Waals surface area contributed by atoms with Crippen LogP contribution in [-0.4, -0.2) is 20.9 Å². The molecule has 0 radical (unpaired) electrons. The number of aromatic nitrogens is 2. The van der Waals surface area contributed by atoms with E-state index in [4.69, 9.17) is 5.11 Å². The van der Waals surface area contributed by atoms with Crippen LogP contribution in [0.5, 0.6) is 0 Å². The van der Waals surface area contributed by atoms with Crippen molar-refractivity contribution in [2.24, 2.45) is 7.05 Å². The predicted molar refractivity (Wildman–Crippen MR) is 58.2 cm³/mol. The first-order chi connectivity index (χ1) is 7.09. The first-order valence-corrected chi connectivity index (χ1v) is 5.29. The molecule has 0 bridgehead atoms. The highest BCUT2D eigenvalue weighted by Crippen LogP contribution is 2.30. The van der Waals surface area contributed by atoms with E-state index in [2.05, 4.69) is 5.10 Å². The van der Waals surface area contributed by atoms with Crippen molar-refractivity contribution in [2.45, 2.75) is 6.92 Å². The molecule has 0 fully saturated rings. The van der Waals surface area contributed by atoms with Crippen molar-refractivity contribution < 1.29 is 9.90 Å². The lowest BCUT2D eigenvalue weighted by atomic mass is 10.2. The van der Waals surface area contributed by atoms with E-state index in [1.165, 1.54) is 22.2 Å². The molecule has 0 aliphatic rings. The maximum absolute atomic E-state index is 11.0. The van der Waals surface area contributed by atoms with Crippen LogP contribution in [-0.2, 0) is 7.05 Å². The molecule has 2 rings (SSSR count). The molecule has 0 spiro atoms. The van der Waals surface area contributed by atoms with E-state index in [1.54, 1.807) is 7.05 Å². The Hall–Kier alpha value is -1.62. The highest BCUT2D eigenvalue weighted by atomic mass is 32.1. The number of aryl methyl sites for hydroxylation is 2. The molecule has 0 saturated carbocycles. The van der Waals surface area contributed by atoms with Crippen LogP contribution < -0.4 is 0 Å². The molecular formula is C10H10N2O2S. The van der Waals surface area contributed by atoms with Gasteiger partial charge in [0.25, 0.3) is 0 Å². The van der Waals surface area contributed by atoms with Crippen LogP contribution in [0.4, 0.5) is 0 Å². The zero-order chi connectivity index (χ0) is 11.0. The van der Waals surface area contributed by atoms with Crippen LogP contribution in [0, 0.1) is 6.92 Å². The molecule has 0 aliphatic heterocycles. The molecule has 2 heterocycles. The third kappa shape index (κ3) is 1.66. The highest BCUT2D eigenvalue weighted by Gasteiger charge is 2.18. The molecule has 5 heteroatoms. The quantitative estimate of drug-likeness (QED) is 0.847. The summed E-state index contributed by atoms with van der Waals surface area (Å²) >= 11 is 1.51. The Balaban J connectivity index is 2.62. The lowest BCUT2D eigenvalue weighted by Crippen LogP contribution is -1.96. The number of carbonyl (C=O) groups is 1. The van der Waals surface area contributed by atoms with Crippen molar-refractivity contribution in [1.82, 2.24) is 9.78 Å². The van der Waals surface area contributed by atoms with Crippen molar-refractivity contribution in [3.05, 3.63) is 28.8 Å². The third-order valence-corrected chi connectivity index (χ3v) is 3.16. The SMILES string of the molecule is Cc1ccsc1-c1nn(C)cc1C(=O)O. The topological polar surface area (TPSA) is 55.1 Å². The number of hydrogen-bond donors (Lipinski definition) is 1. The zero-order valence-electron chi connectivity index (χ0n) is 8.39. The first-order valence-electron chi connectivity index (χ1n) is 4.41. The van der Waals surface area contributed by atoms with Gasteiger partial charge in [-0.1, -0.05) is 0 Å². The fourth-order valence-corrected chi connectivity index (χ4v) is 2.35. The highest BCUT2D eigenvalue weighted by molar-refractivity contribution is 7.13. The summed E-state index contributed by atoms with van der Waals surface area (Å²) in [6, 6.07) is 1.96. The number of nitrogens with zero attached hydrogens (tertiary/aromatic N) is 2. The largest absolute Gasteiger partial charge is 0.478 e. The third-order valence-electron chi connectivity index (χ3n) is 2.14. The molecule has 0 amide bonds. The summed E-state index contributed by atoms with van der Waals surface area (Å²) < 4.78 is 1.53. The second-order valence-corrected chi connectivity index (χ2v) is 4.22. The van der Waals surface area contributed by atoms with E-state index < -0.39 is 5.97 Å². The van der Waals surface area contributed by atoms with Gasteiger partial charge in [0.1, 0.15) is 11.3 Å². The molecule has 2 aromatic heterocycles. The number of carboxylic acids is 1. The van der Waals surface area contributed by atoms with Gasteiger partial charge in [-0.05, 0) is 23.9 Å². The minimum Gasteiger partial charge on any atom is -0.478 e. The lowest BCUT2D eigenvalue weighted by Gasteiger charge is -1.96. The smallest absolute Gasteiger partial charge is 0.339 e. The van der Waals surface area contributed by atoms with Gasteiger partial charge in [0.05, 0.1) is 4.88 Å². The van der Waals surface area contributed by atoms with Crippen molar-refractivity contribution >= 4 is 17.3 Å². The van der Waals surface area contributed by atoms with Crippen LogP contribution in [0.25, 0.3) is 10.6 Å². The molecule has 2 aromatic rings. The molecular weight excluding hydrogens is 212 g/mol. The van der Waals surface area contributed by atoms with Crippen molar-refractivity contribution in [2.75, 3.05) is 0 Å². The van der Waals surface area contributed by atoms with Gasteiger partial charge in [-0.2, -0.15) is 5.10 Å². The van der Waals surface area contributed by atoms with E-state index >= 15 is 0 Å². The predicted octanol–water partition coefficient (Wildman–Crippen LogP) is 2.16. The van der Waals surface area contributed by atoms with Crippen molar-refractivity contribution in [3.63, 3.8) is 0 Å². The minimum absolute atomic E-state index is 0.253. The minimum atomic E-state index is -0.939. The van der Waals surface area contributed by atoms with Crippen LogP contribution in [0.1, 0.15) is 15.9 Å². The average Bonchev–Trinajstić information content (AvgIpc) is 2.71. The summed E-state index contributed by atoms with van der Waals surface area (Å²) in [6.45, 7) is 1.95. The zero-order valence-corrected chi connectivity index (χ0v) is 9.21. The maximum atomic E-state index is 11.0. The van der Waals surface area contributed by atoms with Gasteiger partial charge in [-0.25, -0.2) is 4.79 Å². The normalized spacial score (nSPS) is 10.5. The maximum Gasteiger partial charge on any atom is 0.339 e. The average molecular weight is 222 g/mol. The molecule has 4 nitrogen and oxygen atoms in total. The summed E-state index contributed by atoms with van der Waals surface area (Å²) in [6.07, 6.45) is 1.52. The van der Waals surface area contributed by atoms with Gasteiger partial charge < -0.3 is 5.11 Å². The van der Waals surface area contributed by atoms with Gasteiger partial charge in [-0.15, -0.1) is 11.3 Å². The molecule has 0 aromatic carbocycles. The van der Waals surface area contributed by atoms with Crippen molar-refractivity contribution in [3.8, 4) is 10.6 Å². The Morgan fingerprint density at radius 3 is 2.87 bits per heavy atom. The van der Waals surface area contributed by atoms with E-state index in [0.29, 0.717) is 5.69 Å². The van der Waals surface area contributed by atoms with E-state index in [9.17, 15) is 4.79 Å². The van der Waals surface area contributed by atoms with Gasteiger partial charge in [0.2, 0.25) is 0 Å². The Morgan fingerprint density at radius 1 is 1.60 bits per heavy atom. The number of thiophene rings is 1. The van der Waals surface area contributed by atoms with Crippen LogP contribution >= 0.6 is 11.3 Å². The van der Waals surface area contributed by atoms with Gasteiger partial charge in [0, 0.05) is 13.2 Å². The Labute approximate surface area is 90.8 Å². The lowest BCUT2D eigenvalue weighted by molar-refractivity contribution is 0.0697. The van der Waals surface area contributed by atoms with Gasteiger partial charge in [-0.3, -0.25) is 4.68 Å². The molecule has 1 N–H and O–H groups in total. The summed E-state index contributed by atoms with van der Waals surface area (Å²) in [4.78, 5) is 11.9. The number of aromatic carboxylic acids is 1. The molecule has 0 aliphatic carbocycles. The number of carboxylic acid groups (broad SMARTS) is 1. The summed E-state index contributed by atoms with van der Waals surface area (Å²) in [7, 11) is 1.72. The molecule has 0 atom stereocenters. The van der Waals surface area contributed by atoms with E-state index in [-0.39, 0.29) is 5.56 Å². The molecule has 15 heavy (non-hydrogen) atoms. The number of hydrogen-bond acceptors (Lipinski definition) is 3. The fourth-order valence-electron chi connectivity index (χ4n) is 1.43. The Bertz CT molecular complexity index is 513. The fraction of sp³-hybridized carbons (Fsp3) is 0.200. The van der Waals surface area contributed by atoms with E-state index in [0.717, 1.165) is 10.4 Å². The van der Waals surface area contributed by atoms with Gasteiger partial charge in [0.15, 0.2) is 0 Å².